The van der Waals surface area contributed by atoms with Gasteiger partial charge in [0, 0.05) is 0 Å². The summed E-state index contributed by atoms with van der Waals surface area (Å²) in [6.07, 6.45) is -0.430. The van der Waals surface area contributed by atoms with Gasteiger partial charge >= 0.3 is 18.2 Å². The Labute approximate surface area is 152 Å². The second-order valence-corrected chi connectivity index (χ2v) is 6.51. The molecule has 1 atom stereocenters. The molecule has 0 aliphatic heterocycles. The van der Waals surface area contributed by atoms with Crippen LogP contribution in [0, 0.1) is 0 Å². The van der Waals surface area contributed by atoms with E-state index in [4.69, 9.17) is 9.47 Å². The van der Waals surface area contributed by atoms with Crippen molar-refractivity contribution in [3.63, 3.8) is 0 Å². The number of amides is 2. The lowest BCUT2D eigenvalue weighted by Crippen LogP contribution is -2.37. The normalized spacial score (nSPS) is 12.7. The molecule has 26 heavy (non-hydrogen) atoms. The van der Waals surface area contributed by atoms with Crippen molar-refractivity contribution in [2.24, 2.45) is 0 Å². The number of aliphatic carboxylic acids is 1. The van der Waals surface area contributed by atoms with E-state index < -0.39 is 35.5 Å². The average Bonchev–Trinajstić information content (AvgIpc) is 2.51. The number of nitrogens with one attached hydrogen (secondary N) is 2. The number of carboxylic acids is 1. The molecule has 8 heteroatoms. The van der Waals surface area contributed by atoms with E-state index in [1.165, 1.54) is 6.08 Å². The molecule has 0 aromatic heterocycles. The Morgan fingerprint density at radius 3 is 2.31 bits per heavy atom. The van der Waals surface area contributed by atoms with Crippen LogP contribution in [0.3, 0.4) is 0 Å². The largest absolute Gasteiger partial charge is 0.477 e. The van der Waals surface area contributed by atoms with Crippen molar-refractivity contribution < 1.29 is 29.0 Å². The molecule has 0 spiro atoms. The van der Waals surface area contributed by atoms with Crippen LogP contribution in [-0.2, 0) is 20.9 Å². The highest BCUT2D eigenvalue weighted by Gasteiger charge is 2.20. The van der Waals surface area contributed by atoms with Crippen molar-refractivity contribution in [3.8, 4) is 0 Å². The van der Waals surface area contributed by atoms with E-state index in [0.717, 1.165) is 5.56 Å². The maximum atomic E-state index is 11.8. The Morgan fingerprint density at radius 2 is 1.77 bits per heavy atom. The first-order valence-electron chi connectivity index (χ1n) is 7.99. The molecule has 2 amide bonds. The average molecular weight is 364 g/mol. The van der Waals surface area contributed by atoms with Crippen molar-refractivity contribution in [3.05, 3.63) is 47.7 Å². The number of carbonyl (C=O) groups is 3. The molecule has 1 rings (SSSR count). The van der Waals surface area contributed by atoms with E-state index in [9.17, 15) is 19.5 Å². The molecule has 142 valence electrons. The van der Waals surface area contributed by atoms with Crippen LogP contribution >= 0.6 is 0 Å². The van der Waals surface area contributed by atoms with Gasteiger partial charge in [0.25, 0.3) is 0 Å². The fourth-order valence-electron chi connectivity index (χ4n) is 1.82. The van der Waals surface area contributed by atoms with Crippen LogP contribution < -0.4 is 10.6 Å². The molecular formula is C18H24N2O6. The fourth-order valence-corrected chi connectivity index (χ4v) is 1.82. The standard InChI is InChI=1S/C18H24N2O6/c1-12(19-16(23)25-11-13-8-6-5-7-9-13)10-14(15(21)22)20-17(24)26-18(2,3)4/h5-10,12H,11H2,1-4H3,(H,19,23)(H,20,24)(H,21,22)/b14-10-. The third kappa shape index (κ3) is 8.72. The predicted molar refractivity (Wildman–Crippen MR) is 94.3 cm³/mol. The molecule has 8 nitrogen and oxygen atoms in total. The van der Waals surface area contributed by atoms with Crippen molar-refractivity contribution in [2.75, 3.05) is 0 Å². The van der Waals surface area contributed by atoms with Crippen molar-refractivity contribution in [2.45, 2.75) is 45.9 Å². The lowest BCUT2D eigenvalue weighted by atomic mass is 10.2. The van der Waals surface area contributed by atoms with E-state index in [-0.39, 0.29) is 6.61 Å². The zero-order chi connectivity index (χ0) is 19.7. The van der Waals surface area contributed by atoms with E-state index in [1.54, 1.807) is 27.7 Å². The second kappa shape index (κ2) is 9.45. The zero-order valence-electron chi connectivity index (χ0n) is 15.2. The highest BCUT2D eigenvalue weighted by Crippen LogP contribution is 2.07. The summed E-state index contributed by atoms with van der Waals surface area (Å²) in [5.74, 6) is -1.36. The van der Waals surface area contributed by atoms with Gasteiger partial charge in [-0.05, 0) is 39.3 Å². The highest BCUT2D eigenvalue weighted by atomic mass is 16.6. The van der Waals surface area contributed by atoms with Crippen LogP contribution in [0.15, 0.2) is 42.1 Å². The molecule has 0 saturated heterocycles. The number of carboxylic acid groups (broad SMARTS) is 1. The number of carbonyl (C=O) groups excluding carboxylic acids is 2. The molecule has 1 unspecified atom stereocenters. The van der Waals surface area contributed by atoms with Gasteiger partial charge in [0.2, 0.25) is 0 Å². The number of rotatable bonds is 6. The minimum absolute atomic E-state index is 0.0883. The maximum absolute atomic E-state index is 11.8. The van der Waals surface area contributed by atoms with Gasteiger partial charge in [0.15, 0.2) is 0 Å². The fraction of sp³-hybridized carbons (Fsp3) is 0.389. The van der Waals surface area contributed by atoms with E-state index in [1.807, 2.05) is 30.3 Å². The Hall–Kier alpha value is -3.03. The zero-order valence-corrected chi connectivity index (χ0v) is 15.2. The van der Waals surface area contributed by atoms with E-state index >= 15 is 0 Å². The number of hydrogen-bond acceptors (Lipinski definition) is 5. The van der Waals surface area contributed by atoms with Crippen molar-refractivity contribution >= 4 is 18.2 Å². The molecule has 0 aliphatic carbocycles. The summed E-state index contributed by atoms with van der Waals surface area (Å²) in [5, 5.41) is 13.8. The van der Waals surface area contributed by atoms with Crippen molar-refractivity contribution in [1.29, 1.82) is 0 Å². The van der Waals surface area contributed by atoms with Gasteiger partial charge in [-0.2, -0.15) is 0 Å². The molecule has 0 bridgehead atoms. The Balaban J connectivity index is 2.58. The van der Waals surface area contributed by atoms with Gasteiger partial charge in [-0.1, -0.05) is 30.3 Å². The molecule has 0 fully saturated rings. The molecule has 0 heterocycles. The van der Waals surface area contributed by atoms with Gasteiger partial charge in [0.05, 0.1) is 6.04 Å². The van der Waals surface area contributed by atoms with Crippen molar-refractivity contribution in [1.82, 2.24) is 10.6 Å². The summed E-state index contributed by atoms with van der Waals surface area (Å²) in [7, 11) is 0. The summed E-state index contributed by atoms with van der Waals surface area (Å²) in [5.41, 5.74) is -0.350. The SMILES string of the molecule is CC(/C=C(\NC(=O)OC(C)(C)C)C(=O)O)NC(=O)OCc1ccccc1. The lowest BCUT2D eigenvalue weighted by Gasteiger charge is -2.20. The third-order valence-corrected chi connectivity index (χ3v) is 2.84. The van der Waals surface area contributed by atoms with Crippen LogP contribution in [0.5, 0.6) is 0 Å². The lowest BCUT2D eigenvalue weighted by molar-refractivity contribution is -0.133. The smallest absolute Gasteiger partial charge is 0.412 e. The van der Waals surface area contributed by atoms with Gasteiger partial charge in [-0.3, -0.25) is 5.32 Å². The molecule has 0 saturated carbocycles. The first kappa shape index (κ1) is 21.0. The maximum Gasteiger partial charge on any atom is 0.412 e. The van der Waals surface area contributed by atoms with E-state index in [0.29, 0.717) is 0 Å². The summed E-state index contributed by atoms with van der Waals surface area (Å²) in [6, 6.07) is 8.42. The third-order valence-electron chi connectivity index (χ3n) is 2.84. The first-order valence-corrected chi connectivity index (χ1v) is 7.99. The molecule has 1 aromatic rings. The molecule has 1 aromatic carbocycles. The van der Waals surface area contributed by atoms with Gasteiger partial charge in [0.1, 0.15) is 17.9 Å². The minimum Gasteiger partial charge on any atom is -0.477 e. The van der Waals surface area contributed by atoms with Gasteiger partial charge in [-0.25, -0.2) is 14.4 Å². The van der Waals surface area contributed by atoms with Crippen LogP contribution in [0.2, 0.25) is 0 Å². The molecule has 0 aliphatic rings. The second-order valence-electron chi connectivity index (χ2n) is 6.51. The first-order chi connectivity index (χ1) is 12.1. The number of hydrogen-bond donors (Lipinski definition) is 3. The summed E-state index contributed by atoms with van der Waals surface area (Å²) in [4.78, 5) is 34.7. The van der Waals surface area contributed by atoms with Crippen LogP contribution in [-0.4, -0.2) is 34.9 Å². The van der Waals surface area contributed by atoms with Crippen LogP contribution in [0.1, 0.15) is 33.3 Å². The minimum atomic E-state index is -1.36. The van der Waals surface area contributed by atoms with Gasteiger partial charge < -0.3 is 19.9 Å². The summed E-state index contributed by atoms with van der Waals surface area (Å²) >= 11 is 0. The molecule has 3 N–H and O–H groups in total. The highest BCUT2D eigenvalue weighted by molar-refractivity contribution is 5.91. The van der Waals surface area contributed by atoms with Gasteiger partial charge in [-0.15, -0.1) is 0 Å². The Kier molecular flexibility index (Phi) is 7.64. The monoisotopic (exact) mass is 364 g/mol. The topological polar surface area (TPSA) is 114 Å². The molecule has 0 radical (unpaired) electrons. The Bertz CT molecular complexity index is 664. The van der Waals surface area contributed by atoms with E-state index in [2.05, 4.69) is 10.6 Å². The Morgan fingerprint density at radius 1 is 1.15 bits per heavy atom. The predicted octanol–water partition coefficient (Wildman–Crippen LogP) is 2.79. The number of alkyl carbamates (subject to hydrolysis) is 2. The quantitative estimate of drug-likeness (QED) is 0.669. The summed E-state index contributed by atoms with van der Waals surface area (Å²) in [6.45, 7) is 6.60. The number of benzene rings is 1. The molecular weight excluding hydrogens is 340 g/mol. The summed E-state index contributed by atoms with van der Waals surface area (Å²) < 4.78 is 10.1. The number of ether oxygens (including phenoxy) is 2. The van der Waals surface area contributed by atoms with Crippen LogP contribution in [0.4, 0.5) is 9.59 Å². The van der Waals surface area contributed by atoms with Crippen LogP contribution in [0.25, 0.3) is 0 Å².